The number of carbonyl (C=O) groups excluding carboxylic acids is 3. The van der Waals surface area contributed by atoms with Gasteiger partial charge in [-0.1, -0.05) is 46.2 Å². The number of amides is 3. The highest BCUT2D eigenvalue weighted by Crippen LogP contribution is 2.29. The minimum Gasteiger partial charge on any atom is -0.508 e. The highest BCUT2D eigenvalue weighted by Gasteiger charge is 2.39. The summed E-state index contributed by atoms with van der Waals surface area (Å²) in [7, 11) is 0. The molecule has 1 aromatic rings. The molecule has 34 heavy (non-hydrogen) atoms. The number of phenols is 1. The van der Waals surface area contributed by atoms with Gasteiger partial charge in [0.25, 0.3) is 0 Å². The molecule has 0 fully saturated rings. The minimum atomic E-state index is -0.965. The summed E-state index contributed by atoms with van der Waals surface area (Å²) >= 11 is 0. The maximum absolute atomic E-state index is 13.9. The summed E-state index contributed by atoms with van der Waals surface area (Å²) in [5.74, 6) is -0.950. The Labute approximate surface area is 204 Å². The number of nitrogens with one attached hydrogen (secondary N) is 2. The molecule has 0 aromatic heterocycles. The quantitative estimate of drug-likeness (QED) is 0.406. The highest BCUT2D eigenvalue weighted by atomic mass is 16.6. The molecule has 3 atom stereocenters. The number of ether oxygens (including phenoxy) is 1. The zero-order chi connectivity index (χ0) is 26.1. The molecule has 0 aliphatic rings. The van der Waals surface area contributed by atoms with E-state index in [1.165, 1.54) is 17.0 Å². The van der Waals surface area contributed by atoms with Crippen LogP contribution in [0.15, 0.2) is 24.3 Å². The van der Waals surface area contributed by atoms with E-state index in [-0.39, 0.29) is 29.5 Å². The second kappa shape index (κ2) is 13.2. The van der Waals surface area contributed by atoms with Crippen LogP contribution >= 0.6 is 0 Å². The highest BCUT2D eigenvalue weighted by molar-refractivity contribution is 5.92. The molecule has 0 aliphatic heterocycles. The topological polar surface area (TPSA) is 108 Å². The Hall–Kier alpha value is -2.77. The fourth-order valence-electron chi connectivity index (χ4n) is 3.52. The standard InChI is InChI=1S/C26H43N3O5/c1-9-11-15-27-23(31)22(19-13-12-14-20(30)16-19)29(18(5)10-2)24(32)21(17(3)4)28-25(33)34-26(6,7)8/h12-14,16-18,21-22,30H,9-11,15H2,1-8H3,(H,27,31)(H,28,33). The van der Waals surface area contributed by atoms with Crippen molar-refractivity contribution in [3.8, 4) is 5.75 Å². The summed E-state index contributed by atoms with van der Waals surface area (Å²) in [5.41, 5.74) is -0.212. The van der Waals surface area contributed by atoms with E-state index >= 15 is 0 Å². The molecular weight excluding hydrogens is 434 g/mol. The maximum Gasteiger partial charge on any atom is 0.408 e. The number of alkyl carbamates (subject to hydrolysis) is 1. The van der Waals surface area contributed by atoms with Gasteiger partial charge in [-0.05, 0) is 64.2 Å². The zero-order valence-corrected chi connectivity index (χ0v) is 22.0. The summed E-state index contributed by atoms with van der Waals surface area (Å²) in [4.78, 5) is 41.4. The lowest BCUT2D eigenvalue weighted by Crippen LogP contribution is -2.57. The van der Waals surface area contributed by atoms with Crippen molar-refractivity contribution >= 4 is 17.9 Å². The van der Waals surface area contributed by atoms with Crippen LogP contribution in [-0.2, 0) is 14.3 Å². The van der Waals surface area contributed by atoms with E-state index in [0.29, 0.717) is 18.5 Å². The SMILES string of the molecule is CCCCNC(=O)C(c1cccc(O)c1)N(C(=O)C(NC(=O)OC(C)(C)C)C(C)C)C(C)CC. The molecule has 192 valence electrons. The van der Waals surface area contributed by atoms with Crippen LogP contribution in [0.1, 0.15) is 86.3 Å². The molecule has 1 aromatic carbocycles. The molecule has 3 amide bonds. The van der Waals surface area contributed by atoms with Gasteiger partial charge in [-0.25, -0.2) is 4.79 Å². The molecule has 0 bridgehead atoms. The second-order valence-corrected chi connectivity index (χ2v) is 10.0. The molecule has 0 saturated heterocycles. The normalized spacial score (nSPS) is 14.1. The molecule has 1 rings (SSSR count). The summed E-state index contributed by atoms with van der Waals surface area (Å²) in [6.45, 7) is 15.2. The van der Waals surface area contributed by atoms with Gasteiger partial charge < -0.3 is 25.4 Å². The van der Waals surface area contributed by atoms with Gasteiger partial charge in [0, 0.05) is 12.6 Å². The fraction of sp³-hybridized carbons (Fsp3) is 0.654. The Bertz CT molecular complexity index is 819. The van der Waals surface area contributed by atoms with Crippen molar-refractivity contribution in [1.29, 1.82) is 0 Å². The maximum atomic E-state index is 13.9. The Morgan fingerprint density at radius 2 is 1.76 bits per heavy atom. The molecule has 0 radical (unpaired) electrons. The summed E-state index contributed by atoms with van der Waals surface area (Å²) in [5, 5.41) is 15.7. The number of rotatable bonds is 11. The Kier molecular flexibility index (Phi) is 11.4. The van der Waals surface area contributed by atoms with Crippen molar-refractivity contribution in [3.63, 3.8) is 0 Å². The van der Waals surface area contributed by atoms with E-state index in [1.54, 1.807) is 32.9 Å². The van der Waals surface area contributed by atoms with Crippen molar-refractivity contribution in [2.24, 2.45) is 5.92 Å². The van der Waals surface area contributed by atoms with E-state index in [1.807, 2.05) is 34.6 Å². The molecule has 0 spiro atoms. The van der Waals surface area contributed by atoms with Gasteiger partial charge >= 0.3 is 6.09 Å². The third kappa shape index (κ3) is 8.88. The van der Waals surface area contributed by atoms with Gasteiger partial charge in [0.05, 0.1) is 0 Å². The lowest BCUT2D eigenvalue weighted by atomic mass is 9.96. The van der Waals surface area contributed by atoms with E-state index in [2.05, 4.69) is 10.6 Å². The van der Waals surface area contributed by atoms with Crippen LogP contribution < -0.4 is 10.6 Å². The monoisotopic (exact) mass is 477 g/mol. The van der Waals surface area contributed by atoms with Crippen molar-refractivity contribution in [2.45, 2.75) is 98.4 Å². The van der Waals surface area contributed by atoms with Crippen LogP contribution in [0.3, 0.4) is 0 Å². The lowest BCUT2D eigenvalue weighted by Gasteiger charge is -2.39. The van der Waals surface area contributed by atoms with Crippen LogP contribution in [0.2, 0.25) is 0 Å². The van der Waals surface area contributed by atoms with Gasteiger partial charge in [-0.15, -0.1) is 0 Å². The number of benzene rings is 1. The third-order valence-corrected chi connectivity index (χ3v) is 5.47. The third-order valence-electron chi connectivity index (χ3n) is 5.47. The molecule has 8 heteroatoms. The zero-order valence-electron chi connectivity index (χ0n) is 22.0. The first kappa shape index (κ1) is 29.3. The van der Waals surface area contributed by atoms with Crippen molar-refractivity contribution in [2.75, 3.05) is 6.54 Å². The first-order valence-corrected chi connectivity index (χ1v) is 12.2. The molecule has 3 N–H and O–H groups in total. The minimum absolute atomic E-state index is 0.00713. The van der Waals surface area contributed by atoms with E-state index < -0.39 is 23.8 Å². The fourth-order valence-corrected chi connectivity index (χ4v) is 3.52. The van der Waals surface area contributed by atoms with E-state index in [0.717, 1.165) is 12.8 Å². The number of carbonyl (C=O) groups is 3. The second-order valence-electron chi connectivity index (χ2n) is 10.0. The van der Waals surface area contributed by atoms with Crippen molar-refractivity contribution < 1.29 is 24.2 Å². The predicted molar refractivity (Wildman–Crippen MR) is 133 cm³/mol. The van der Waals surface area contributed by atoms with Crippen LogP contribution in [0.5, 0.6) is 5.75 Å². The average molecular weight is 478 g/mol. The smallest absolute Gasteiger partial charge is 0.408 e. The number of hydrogen-bond donors (Lipinski definition) is 3. The largest absolute Gasteiger partial charge is 0.508 e. The van der Waals surface area contributed by atoms with Gasteiger partial charge in [0.15, 0.2) is 0 Å². The van der Waals surface area contributed by atoms with E-state index in [4.69, 9.17) is 4.74 Å². The molecule has 8 nitrogen and oxygen atoms in total. The van der Waals surface area contributed by atoms with Crippen LogP contribution in [0.25, 0.3) is 0 Å². The van der Waals surface area contributed by atoms with Crippen molar-refractivity contribution in [1.82, 2.24) is 15.5 Å². The average Bonchev–Trinajstić information content (AvgIpc) is 2.73. The number of hydrogen-bond acceptors (Lipinski definition) is 5. The van der Waals surface area contributed by atoms with Crippen LogP contribution in [0, 0.1) is 5.92 Å². The Morgan fingerprint density at radius 3 is 2.26 bits per heavy atom. The molecule has 0 aliphatic carbocycles. The van der Waals surface area contributed by atoms with Crippen LogP contribution in [0.4, 0.5) is 4.79 Å². The number of unbranched alkanes of at least 4 members (excludes halogenated alkanes) is 1. The first-order chi connectivity index (χ1) is 15.8. The molecule has 0 saturated carbocycles. The lowest BCUT2D eigenvalue weighted by molar-refractivity contribution is -0.146. The number of nitrogens with zero attached hydrogens (tertiary/aromatic N) is 1. The molecule has 3 unspecified atom stereocenters. The van der Waals surface area contributed by atoms with E-state index in [9.17, 15) is 19.5 Å². The summed E-state index contributed by atoms with van der Waals surface area (Å²) in [6.07, 6.45) is 1.63. The van der Waals surface area contributed by atoms with Gasteiger partial charge in [0.2, 0.25) is 11.8 Å². The number of phenolic OH excluding ortho intramolecular Hbond substituents is 1. The molecule has 0 heterocycles. The Morgan fingerprint density at radius 1 is 1.12 bits per heavy atom. The van der Waals surface area contributed by atoms with Gasteiger partial charge in [-0.2, -0.15) is 0 Å². The van der Waals surface area contributed by atoms with Gasteiger partial charge in [0.1, 0.15) is 23.4 Å². The van der Waals surface area contributed by atoms with Crippen LogP contribution in [-0.4, -0.2) is 52.1 Å². The summed E-state index contributed by atoms with van der Waals surface area (Å²) < 4.78 is 5.38. The number of aromatic hydroxyl groups is 1. The van der Waals surface area contributed by atoms with Gasteiger partial charge in [-0.3, -0.25) is 9.59 Å². The summed E-state index contributed by atoms with van der Waals surface area (Å²) in [6, 6.07) is 4.22. The predicted octanol–water partition coefficient (Wildman–Crippen LogP) is 4.53. The first-order valence-electron chi connectivity index (χ1n) is 12.2. The van der Waals surface area contributed by atoms with Crippen molar-refractivity contribution in [3.05, 3.63) is 29.8 Å². The Balaban J connectivity index is 3.45. The molecular formula is C26H43N3O5.